The molecule has 0 radical (unpaired) electrons. The number of carbonyl (C=O) groups is 1. The smallest absolute Gasteiger partial charge is 0.314 e. The molecule has 6 heteroatoms. The third kappa shape index (κ3) is 5.11. The maximum Gasteiger partial charge on any atom is 0.314 e. The van der Waals surface area contributed by atoms with Gasteiger partial charge in [-0.2, -0.15) is 0 Å². The van der Waals surface area contributed by atoms with E-state index in [2.05, 4.69) is 17.0 Å². The third-order valence-corrected chi connectivity index (χ3v) is 3.94. The number of urea groups is 1. The van der Waals surface area contributed by atoms with Crippen molar-refractivity contribution in [3.63, 3.8) is 0 Å². The monoisotopic (exact) mass is 306 g/mol. The van der Waals surface area contributed by atoms with E-state index in [9.17, 15) is 4.79 Å². The number of nitrogens with two attached hydrogens (primary N) is 2. The molecule has 0 aromatic heterocycles. The molecule has 0 bridgehead atoms. The Labute approximate surface area is 132 Å². The molecule has 2 amide bonds. The van der Waals surface area contributed by atoms with Crippen LogP contribution >= 0.6 is 0 Å². The van der Waals surface area contributed by atoms with Crippen molar-refractivity contribution in [3.05, 3.63) is 24.3 Å². The Hall–Kier alpha value is -1.95. The van der Waals surface area contributed by atoms with E-state index in [0.29, 0.717) is 26.3 Å². The Morgan fingerprint density at radius 3 is 2.05 bits per heavy atom. The van der Waals surface area contributed by atoms with Crippen LogP contribution in [0.5, 0.6) is 0 Å². The normalized spacial score (nSPS) is 18.4. The van der Waals surface area contributed by atoms with Gasteiger partial charge in [-0.15, -0.1) is 0 Å². The van der Waals surface area contributed by atoms with Crippen LogP contribution in [0.4, 0.5) is 16.2 Å². The van der Waals surface area contributed by atoms with Crippen LogP contribution in [0.2, 0.25) is 0 Å². The van der Waals surface area contributed by atoms with Gasteiger partial charge in [0.1, 0.15) is 0 Å². The van der Waals surface area contributed by atoms with Gasteiger partial charge >= 0.3 is 6.03 Å². The second-order valence-electron chi connectivity index (χ2n) is 5.58. The number of carbonyl (C=O) groups excluding carboxylic acids is 1. The van der Waals surface area contributed by atoms with Crippen molar-refractivity contribution < 1.29 is 9.53 Å². The van der Waals surface area contributed by atoms with E-state index in [-0.39, 0.29) is 6.03 Å². The summed E-state index contributed by atoms with van der Waals surface area (Å²) in [6, 6.07) is 7.83. The molecule has 0 saturated carbocycles. The summed E-state index contributed by atoms with van der Waals surface area (Å²) >= 11 is 0. The zero-order valence-corrected chi connectivity index (χ0v) is 13.0. The number of piperidine rings is 1. The molecule has 2 fully saturated rings. The molecule has 122 valence electrons. The van der Waals surface area contributed by atoms with Crippen LogP contribution in [0, 0.1) is 0 Å². The number of hydrogen-bond acceptors (Lipinski definition) is 4. The molecule has 0 spiro atoms. The van der Waals surface area contributed by atoms with Crippen molar-refractivity contribution in [2.75, 3.05) is 50.0 Å². The zero-order valence-electron chi connectivity index (χ0n) is 13.0. The van der Waals surface area contributed by atoms with Crippen molar-refractivity contribution >= 4 is 17.4 Å². The maximum absolute atomic E-state index is 10.4. The highest BCUT2D eigenvalue weighted by atomic mass is 16.5. The van der Waals surface area contributed by atoms with Crippen LogP contribution in [0.3, 0.4) is 0 Å². The maximum atomic E-state index is 10.4. The van der Waals surface area contributed by atoms with Gasteiger partial charge in [0.15, 0.2) is 0 Å². The van der Waals surface area contributed by atoms with Crippen molar-refractivity contribution in [2.45, 2.75) is 19.3 Å². The largest absolute Gasteiger partial charge is 0.399 e. The quantitative estimate of drug-likeness (QED) is 0.773. The summed E-state index contributed by atoms with van der Waals surface area (Å²) in [4.78, 5) is 14.5. The van der Waals surface area contributed by atoms with Crippen LogP contribution in [0.15, 0.2) is 24.3 Å². The van der Waals surface area contributed by atoms with Crippen LogP contribution in [-0.4, -0.2) is 50.3 Å². The van der Waals surface area contributed by atoms with Crippen LogP contribution in [0.1, 0.15) is 19.3 Å². The summed E-state index contributed by atoms with van der Waals surface area (Å²) in [5, 5.41) is 0. The number of anilines is 2. The fourth-order valence-corrected chi connectivity index (χ4v) is 2.62. The van der Waals surface area contributed by atoms with Gasteiger partial charge in [-0.25, -0.2) is 4.79 Å². The van der Waals surface area contributed by atoms with Gasteiger partial charge in [0, 0.05) is 37.6 Å². The molecule has 1 aromatic carbocycles. The number of nitrogens with zero attached hydrogens (tertiary/aromatic N) is 2. The van der Waals surface area contributed by atoms with Gasteiger partial charge in [0.05, 0.1) is 13.2 Å². The van der Waals surface area contributed by atoms with E-state index in [0.717, 1.165) is 5.69 Å². The topological polar surface area (TPSA) is 84.8 Å². The summed E-state index contributed by atoms with van der Waals surface area (Å²) < 4.78 is 5.00. The standard InChI is InChI=1S/C11H16N2.C5H10N2O2/c12-10-4-6-11(7-5-10)13-8-2-1-3-9-13;6-5(8)7-1-3-9-4-2-7/h4-7H,1-3,8-9,12H2;1-4H2,(H2,6,8). The van der Waals surface area contributed by atoms with E-state index in [1.165, 1.54) is 38.0 Å². The van der Waals surface area contributed by atoms with Crippen LogP contribution in [0.25, 0.3) is 0 Å². The summed E-state index contributed by atoms with van der Waals surface area (Å²) in [5.74, 6) is 0. The van der Waals surface area contributed by atoms with Crippen LogP contribution < -0.4 is 16.4 Å². The highest BCUT2D eigenvalue weighted by molar-refractivity contribution is 5.72. The fourth-order valence-electron chi connectivity index (χ4n) is 2.62. The lowest BCUT2D eigenvalue weighted by atomic mass is 10.1. The molecule has 2 aliphatic rings. The Kier molecular flexibility index (Phi) is 6.33. The molecular weight excluding hydrogens is 280 g/mol. The second kappa shape index (κ2) is 8.48. The average Bonchev–Trinajstić information content (AvgIpc) is 2.58. The molecule has 0 atom stereocenters. The minimum atomic E-state index is -0.349. The van der Waals surface area contributed by atoms with Gasteiger partial charge in [0.2, 0.25) is 0 Å². The first-order chi connectivity index (χ1) is 10.7. The number of benzene rings is 1. The number of rotatable bonds is 1. The second-order valence-corrected chi connectivity index (χ2v) is 5.58. The molecular formula is C16H26N4O2. The SMILES string of the molecule is NC(=O)N1CCOCC1.Nc1ccc(N2CCCCC2)cc1. The Morgan fingerprint density at radius 1 is 0.955 bits per heavy atom. The highest BCUT2D eigenvalue weighted by Crippen LogP contribution is 2.20. The van der Waals surface area contributed by atoms with Crippen LogP contribution in [-0.2, 0) is 4.74 Å². The van der Waals surface area contributed by atoms with Crippen molar-refractivity contribution in [3.8, 4) is 0 Å². The molecule has 22 heavy (non-hydrogen) atoms. The Bertz CT molecular complexity index is 452. The molecule has 2 aliphatic heterocycles. The molecule has 6 nitrogen and oxygen atoms in total. The predicted octanol–water partition coefficient (Wildman–Crippen LogP) is 1.66. The van der Waals surface area contributed by atoms with Gasteiger partial charge in [-0.1, -0.05) is 0 Å². The number of ether oxygens (including phenoxy) is 1. The molecule has 0 unspecified atom stereocenters. The fraction of sp³-hybridized carbons (Fsp3) is 0.562. The van der Waals surface area contributed by atoms with Crippen molar-refractivity contribution in [1.29, 1.82) is 0 Å². The Morgan fingerprint density at radius 2 is 1.55 bits per heavy atom. The van der Waals surface area contributed by atoms with Gasteiger partial charge in [-0.3, -0.25) is 0 Å². The predicted molar refractivity (Wildman–Crippen MR) is 88.9 cm³/mol. The van der Waals surface area contributed by atoms with Gasteiger partial charge < -0.3 is 26.0 Å². The first kappa shape index (κ1) is 16.4. The molecule has 2 saturated heterocycles. The number of hydrogen-bond donors (Lipinski definition) is 2. The van der Waals surface area contributed by atoms with E-state index < -0.39 is 0 Å². The van der Waals surface area contributed by atoms with Crippen molar-refractivity contribution in [2.24, 2.45) is 5.73 Å². The number of nitrogen functional groups attached to an aromatic ring is 1. The summed E-state index contributed by atoms with van der Waals surface area (Å²) in [7, 11) is 0. The number of primary amides is 1. The van der Waals surface area contributed by atoms with E-state index in [1.807, 2.05) is 12.1 Å². The first-order valence-electron chi connectivity index (χ1n) is 7.89. The molecule has 4 N–H and O–H groups in total. The van der Waals surface area contributed by atoms with Gasteiger partial charge in [0.25, 0.3) is 0 Å². The average molecular weight is 306 g/mol. The highest BCUT2D eigenvalue weighted by Gasteiger charge is 2.12. The minimum Gasteiger partial charge on any atom is -0.399 e. The summed E-state index contributed by atoms with van der Waals surface area (Å²) in [5.41, 5.74) is 12.8. The molecule has 2 heterocycles. The lowest BCUT2D eigenvalue weighted by Gasteiger charge is -2.28. The molecule has 0 aliphatic carbocycles. The first-order valence-corrected chi connectivity index (χ1v) is 7.89. The summed E-state index contributed by atoms with van der Waals surface area (Å²) in [6.07, 6.45) is 4.03. The van der Waals surface area contributed by atoms with E-state index in [1.54, 1.807) is 4.90 Å². The molecule has 3 rings (SSSR count). The van der Waals surface area contributed by atoms with Gasteiger partial charge in [-0.05, 0) is 43.5 Å². The zero-order chi connectivity index (χ0) is 15.8. The molecule has 1 aromatic rings. The summed E-state index contributed by atoms with van der Waals surface area (Å²) in [6.45, 7) is 4.89. The lowest BCUT2D eigenvalue weighted by molar-refractivity contribution is 0.0554. The third-order valence-electron chi connectivity index (χ3n) is 3.94. The lowest BCUT2D eigenvalue weighted by Crippen LogP contribution is -2.43. The van der Waals surface area contributed by atoms with E-state index in [4.69, 9.17) is 16.2 Å². The minimum absolute atomic E-state index is 0.349. The van der Waals surface area contributed by atoms with Crippen molar-refractivity contribution in [1.82, 2.24) is 4.90 Å². The number of amides is 2. The van der Waals surface area contributed by atoms with E-state index >= 15 is 0 Å². The number of morpholine rings is 1. The Balaban J connectivity index is 0.000000172.